The number of nitrogens with zero attached hydrogens (tertiary/aromatic N) is 1. The molecule has 37 heavy (non-hydrogen) atoms. The predicted molar refractivity (Wildman–Crippen MR) is 155 cm³/mol. The molecule has 0 spiro atoms. The number of carbonyl (C=O) groups is 2. The molecule has 5 nitrogen and oxygen atoms in total. The summed E-state index contributed by atoms with van der Waals surface area (Å²) < 4.78 is 5.41. The Bertz CT molecular complexity index is 990. The predicted octanol–water partition coefficient (Wildman–Crippen LogP) is 6.13. The molecule has 1 amide bonds. The van der Waals surface area contributed by atoms with E-state index in [1.54, 1.807) is 18.9 Å². The third kappa shape index (κ3) is 9.27. The second-order valence-electron chi connectivity index (χ2n) is 10.3. The molecular weight excluding hydrogens is 480 g/mol. The number of nitrogens with one attached hydrogen (secondary N) is 1. The van der Waals surface area contributed by atoms with Gasteiger partial charge in [0, 0.05) is 25.8 Å². The van der Waals surface area contributed by atoms with Crippen LogP contribution in [0.2, 0.25) is 0 Å². The summed E-state index contributed by atoms with van der Waals surface area (Å²) in [5.41, 5.74) is 4.88. The molecule has 1 atom stereocenters. The number of aryl methyl sites for hydroxylation is 1. The molecule has 2 aromatic rings. The first-order chi connectivity index (χ1) is 18.0. The van der Waals surface area contributed by atoms with Crippen LogP contribution in [0.5, 0.6) is 0 Å². The smallest absolute Gasteiger partial charge is 0.252 e. The fraction of sp³-hybridized carbons (Fsp3) is 0.548. The maximum absolute atomic E-state index is 13.3. The SMILES string of the molecule is COCCN(CCC1CCCCC1)Cc1ccc(C(=O)N[C@H](C=O)CCSC)c(-c2ccccc2C)c1. The van der Waals surface area contributed by atoms with Crippen molar-refractivity contribution in [1.29, 1.82) is 0 Å². The van der Waals surface area contributed by atoms with Gasteiger partial charge in [0.25, 0.3) is 5.91 Å². The highest BCUT2D eigenvalue weighted by atomic mass is 32.2. The highest BCUT2D eigenvalue weighted by Crippen LogP contribution is 2.30. The lowest BCUT2D eigenvalue weighted by atomic mass is 9.87. The number of hydrogen-bond donors (Lipinski definition) is 1. The minimum atomic E-state index is -0.478. The molecule has 0 saturated heterocycles. The first-order valence-electron chi connectivity index (χ1n) is 13.7. The van der Waals surface area contributed by atoms with E-state index >= 15 is 0 Å². The molecule has 1 N–H and O–H groups in total. The summed E-state index contributed by atoms with van der Waals surface area (Å²) in [6.45, 7) is 5.56. The number of aldehydes is 1. The number of methoxy groups -OCH3 is 1. The Hall–Kier alpha value is -2.15. The largest absolute Gasteiger partial charge is 0.383 e. The topological polar surface area (TPSA) is 58.6 Å². The highest BCUT2D eigenvalue weighted by molar-refractivity contribution is 7.98. The normalized spacial score (nSPS) is 15.0. The second kappa shape index (κ2) is 16.0. The van der Waals surface area contributed by atoms with E-state index in [9.17, 15) is 9.59 Å². The average molecular weight is 525 g/mol. The van der Waals surface area contributed by atoms with E-state index in [2.05, 4.69) is 41.4 Å². The van der Waals surface area contributed by atoms with Crippen molar-refractivity contribution in [2.45, 2.75) is 64.5 Å². The van der Waals surface area contributed by atoms with E-state index < -0.39 is 6.04 Å². The van der Waals surface area contributed by atoms with Crippen molar-refractivity contribution < 1.29 is 14.3 Å². The van der Waals surface area contributed by atoms with Gasteiger partial charge < -0.3 is 14.8 Å². The third-order valence-electron chi connectivity index (χ3n) is 7.47. The Morgan fingerprint density at radius 1 is 1.14 bits per heavy atom. The number of carbonyl (C=O) groups excluding carboxylic acids is 2. The van der Waals surface area contributed by atoms with E-state index in [4.69, 9.17) is 4.74 Å². The van der Waals surface area contributed by atoms with Gasteiger partial charge >= 0.3 is 0 Å². The van der Waals surface area contributed by atoms with Crippen molar-refractivity contribution in [3.63, 3.8) is 0 Å². The lowest BCUT2D eigenvalue weighted by Crippen LogP contribution is -2.36. The van der Waals surface area contributed by atoms with Gasteiger partial charge in [0.1, 0.15) is 6.29 Å². The average Bonchev–Trinajstić information content (AvgIpc) is 2.93. The number of amides is 1. The molecule has 0 radical (unpaired) electrons. The molecular formula is C31H44N2O3S. The maximum Gasteiger partial charge on any atom is 0.252 e. The van der Waals surface area contributed by atoms with E-state index in [-0.39, 0.29) is 5.91 Å². The van der Waals surface area contributed by atoms with Crippen molar-refractivity contribution in [2.75, 3.05) is 38.8 Å². The summed E-state index contributed by atoms with van der Waals surface area (Å²) in [7, 11) is 1.76. The van der Waals surface area contributed by atoms with Crippen LogP contribution in [0, 0.1) is 12.8 Å². The Morgan fingerprint density at radius 3 is 2.62 bits per heavy atom. The summed E-state index contributed by atoms with van der Waals surface area (Å²) in [6, 6.07) is 13.9. The molecule has 3 rings (SSSR count). The molecule has 0 bridgehead atoms. The highest BCUT2D eigenvalue weighted by Gasteiger charge is 2.20. The molecule has 1 aliphatic carbocycles. The summed E-state index contributed by atoms with van der Waals surface area (Å²) in [5.74, 6) is 1.46. The minimum Gasteiger partial charge on any atom is -0.383 e. The van der Waals surface area contributed by atoms with Crippen molar-refractivity contribution in [3.05, 3.63) is 59.2 Å². The van der Waals surface area contributed by atoms with Crippen LogP contribution in [0.1, 0.15) is 66.4 Å². The number of ether oxygens (including phenoxy) is 1. The lowest BCUT2D eigenvalue weighted by Gasteiger charge is -2.27. The first-order valence-corrected chi connectivity index (χ1v) is 15.1. The third-order valence-corrected chi connectivity index (χ3v) is 8.12. The minimum absolute atomic E-state index is 0.198. The quantitative estimate of drug-likeness (QED) is 0.284. The molecule has 0 heterocycles. The second-order valence-corrected chi connectivity index (χ2v) is 11.2. The van der Waals surface area contributed by atoms with Gasteiger partial charge in [-0.25, -0.2) is 0 Å². The molecule has 1 aliphatic rings. The molecule has 1 fully saturated rings. The van der Waals surface area contributed by atoms with Crippen molar-refractivity contribution >= 4 is 24.0 Å². The zero-order valence-corrected chi connectivity index (χ0v) is 23.7. The van der Waals surface area contributed by atoms with Crippen LogP contribution >= 0.6 is 11.8 Å². The van der Waals surface area contributed by atoms with E-state index in [0.717, 1.165) is 54.3 Å². The van der Waals surface area contributed by atoms with Crippen LogP contribution in [0.15, 0.2) is 42.5 Å². The molecule has 0 aliphatic heterocycles. The molecule has 6 heteroatoms. The lowest BCUT2D eigenvalue weighted by molar-refractivity contribution is -0.109. The van der Waals surface area contributed by atoms with Crippen LogP contribution in [0.3, 0.4) is 0 Å². The van der Waals surface area contributed by atoms with Crippen LogP contribution in [0.4, 0.5) is 0 Å². The van der Waals surface area contributed by atoms with Gasteiger partial charge in [-0.1, -0.05) is 62.4 Å². The molecule has 1 saturated carbocycles. The molecule has 2 aromatic carbocycles. The number of rotatable bonds is 15. The Morgan fingerprint density at radius 2 is 1.92 bits per heavy atom. The zero-order chi connectivity index (χ0) is 26.5. The summed E-state index contributed by atoms with van der Waals surface area (Å²) in [6.07, 6.45) is 11.6. The maximum atomic E-state index is 13.3. The monoisotopic (exact) mass is 524 g/mol. The van der Waals surface area contributed by atoms with Gasteiger partial charge in [0.05, 0.1) is 12.6 Å². The Kier molecular flexibility index (Phi) is 12.7. The molecule has 0 unspecified atom stereocenters. The van der Waals surface area contributed by atoms with Crippen LogP contribution in [0.25, 0.3) is 11.1 Å². The van der Waals surface area contributed by atoms with Gasteiger partial charge in [0.15, 0.2) is 0 Å². The van der Waals surface area contributed by atoms with Gasteiger partial charge in [-0.15, -0.1) is 0 Å². The van der Waals surface area contributed by atoms with E-state index in [1.165, 1.54) is 44.1 Å². The van der Waals surface area contributed by atoms with E-state index in [0.29, 0.717) is 18.6 Å². The fourth-order valence-corrected chi connectivity index (χ4v) is 5.73. The number of hydrogen-bond acceptors (Lipinski definition) is 5. The van der Waals surface area contributed by atoms with Gasteiger partial charge in [0.2, 0.25) is 0 Å². The van der Waals surface area contributed by atoms with Crippen LogP contribution in [-0.4, -0.2) is 61.9 Å². The van der Waals surface area contributed by atoms with Gasteiger partial charge in [-0.3, -0.25) is 9.69 Å². The van der Waals surface area contributed by atoms with Gasteiger partial charge in [-0.2, -0.15) is 11.8 Å². The van der Waals surface area contributed by atoms with Gasteiger partial charge in [-0.05, 0) is 78.6 Å². The van der Waals surface area contributed by atoms with Crippen LogP contribution in [-0.2, 0) is 16.1 Å². The summed E-state index contributed by atoms with van der Waals surface area (Å²) in [4.78, 5) is 27.4. The number of thioether (sulfide) groups is 1. The molecule has 0 aromatic heterocycles. The Labute approximate surface area is 227 Å². The van der Waals surface area contributed by atoms with Crippen molar-refractivity contribution in [1.82, 2.24) is 10.2 Å². The van der Waals surface area contributed by atoms with Crippen molar-refractivity contribution in [2.24, 2.45) is 5.92 Å². The molecule has 202 valence electrons. The number of benzene rings is 2. The fourth-order valence-electron chi connectivity index (χ4n) is 5.24. The van der Waals surface area contributed by atoms with Crippen LogP contribution < -0.4 is 5.32 Å². The standard InChI is InChI=1S/C31H44N2O3S/c1-24-9-7-8-12-28(24)30-21-26(13-14-29(30)31(35)32-27(23-34)16-20-37-3)22-33(18-19-36-2)17-15-25-10-5-4-6-11-25/h7-9,12-14,21,23,25,27H,4-6,10-11,15-20,22H2,1-3H3,(H,32,35)/t27-/m0/s1. The Balaban J connectivity index is 1.83. The van der Waals surface area contributed by atoms with E-state index in [1.807, 2.05) is 24.5 Å². The first kappa shape index (κ1) is 29.4. The zero-order valence-electron chi connectivity index (χ0n) is 22.8. The summed E-state index contributed by atoms with van der Waals surface area (Å²) in [5, 5.41) is 2.94. The van der Waals surface area contributed by atoms with Crippen molar-refractivity contribution in [3.8, 4) is 11.1 Å². The summed E-state index contributed by atoms with van der Waals surface area (Å²) >= 11 is 1.67.